The van der Waals surface area contributed by atoms with Crippen molar-refractivity contribution in [1.82, 2.24) is 20.1 Å². The summed E-state index contributed by atoms with van der Waals surface area (Å²) in [4.78, 5) is 4.13. The van der Waals surface area contributed by atoms with Gasteiger partial charge in [-0.1, -0.05) is 13.8 Å². The van der Waals surface area contributed by atoms with Crippen molar-refractivity contribution in [3.63, 3.8) is 0 Å². The first-order chi connectivity index (χ1) is 8.81. The lowest BCUT2D eigenvalue weighted by Crippen LogP contribution is -2.30. The van der Waals surface area contributed by atoms with E-state index in [4.69, 9.17) is 0 Å². The fraction of sp³-hybridized carbons (Fsp3) is 0.833. The number of nitrogens with zero attached hydrogens (tertiary/aromatic N) is 3. The van der Waals surface area contributed by atoms with E-state index in [0.717, 1.165) is 12.4 Å². The number of halogens is 3. The van der Waals surface area contributed by atoms with Crippen LogP contribution in [-0.2, 0) is 13.0 Å². The second-order valence-electron chi connectivity index (χ2n) is 5.10. The van der Waals surface area contributed by atoms with E-state index in [1.807, 2.05) is 0 Å². The highest BCUT2D eigenvalue weighted by Crippen LogP contribution is 2.23. The molecule has 0 aromatic carbocycles. The van der Waals surface area contributed by atoms with Gasteiger partial charge in [0.15, 0.2) is 0 Å². The smallest absolute Gasteiger partial charge is 0.317 e. The maximum absolute atomic E-state index is 12.2. The molecule has 0 aliphatic rings. The summed E-state index contributed by atoms with van der Waals surface area (Å²) in [5.41, 5.74) is 0. The van der Waals surface area contributed by atoms with Gasteiger partial charge in [0, 0.05) is 25.4 Å². The number of alkyl halides is 3. The Bertz CT molecular complexity index is 373. The molecule has 1 heterocycles. The van der Waals surface area contributed by atoms with Crippen molar-refractivity contribution in [2.75, 3.05) is 7.05 Å². The summed E-state index contributed by atoms with van der Waals surface area (Å²) in [5, 5.41) is 7.02. The van der Waals surface area contributed by atoms with Gasteiger partial charge in [-0.3, -0.25) is 0 Å². The van der Waals surface area contributed by atoms with E-state index >= 15 is 0 Å². The Morgan fingerprint density at radius 3 is 2.58 bits per heavy atom. The highest BCUT2D eigenvalue weighted by atomic mass is 19.4. The molecule has 0 radical (unpaired) electrons. The summed E-state index contributed by atoms with van der Waals surface area (Å²) < 4.78 is 38.4. The second-order valence-corrected chi connectivity index (χ2v) is 5.10. The Kier molecular flexibility index (Phi) is 5.78. The molecule has 0 aliphatic heterocycles. The van der Waals surface area contributed by atoms with Crippen LogP contribution in [0.1, 0.15) is 32.5 Å². The van der Waals surface area contributed by atoms with Crippen LogP contribution >= 0.6 is 0 Å². The third kappa shape index (κ3) is 6.04. The van der Waals surface area contributed by atoms with Crippen molar-refractivity contribution in [3.05, 3.63) is 12.2 Å². The molecule has 0 saturated carbocycles. The van der Waals surface area contributed by atoms with Crippen LogP contribution < -0.4 is 5.32 Å². The number of aromatic nitrogens is 3. The summed E-state index contributed by atoms with van der Waals surface area (Å²) in [7, 11) is 1.67. The zero-order chi connectivity index (χ0) is 14.5. The lowest BCUT2D eigenvalue weighted by molar-refractivity contribution is -0.136. The zero-order valence-corrected chi connectivity index (χ0v) is 11.5. The van der Waals surface area contributed by atoms with Crippen molar-refractivity contribution in [2.24, 2.45) is 5.92 Å². The van der Waals surface area contributed by atoms with Crippen molar-refractivity contribution >= 4 is 0 Å². The topological polar surface area (TPSA) is 42.7 Å². The maximum Gasteiger partial charge on any atom is 0.389 e. The molecular weight excluding hydrogens is 257 g/mol. The van der Waals surface area contributed by atoms with Crippen LogP contribution in [0.15, 0.2) is 6.33 Å². The predicted octanol–water partition coefficient (Wildman–Crippen LogP) is 2.41. The largest absolute Gasteiger partial charge is 0.389 e. The maximum atomic E-state index is 12.2. The molecular formula is C12H21F3N4. The van der Waals surface area contributed by atoms with E-state index in [1.54, 1.807) is 11.7 Å². The molecule has 0 saturated heterocycles. The van der Waals surface area contributed by atoms with Crippen LogP contribution in [0.5, 0.6) is 0 Å². The molecule has 1 N–H and O–H groups in total. The molecule has 4 nitrogen and oxygen atoms in total. The summed E-state index contributed by atoms with van der Waals surface area (Å²) in [5.74, 6) is 1.15. The van der Waals surface area contributed by atoms with Crippen LogP contribution in [0, 0.1) is 5.92 Å². The van der Waals surface area contributed by atoms with Crippen LogP contribution in [0.2, 0.25) is 0 Å². The van der Waals surface area contributed by atoms with E-state index in [-0.39, 0.29) is 12.5 Å². The Morgan fingerprint density at radius 2 is 2.05 bits per heavy atom. The minimum Gasteiger partial charge on any atom is -0.317 e. The van der Waals surface area contributed by atoms with Crippen molar-refractivity contribution in [1.29, 1.82) is 0 Å². The molecule has 1 atom stereocenters. The van der Waals surface area contributed by atoms with Gasteiger partial charge in [0.1, 0.15) is 12.2 Å². The van der Waals surface area contributed by atoms with Gasteiger partial charge in [-0.15, -0.1) is 0 Å². The monoisotopic (exact) mass is 278 g/mol. The van der Waals surface area contributed by atoms with Crippen molar-refractivity contribution < 1.29 is 13.2 Å². The summed E-state index contributed by atoms with van der Waals surface area (Å²) in [6.07, 6.45) is -2.93. The minimum absolute atomic E-state index is 0.0501. The number of nitrogens with one attached hydrogen (secondary N) is 1. The van der Waals surface area contributed by atoms with E-state index in [1.165, 1.54) is 6.33 Å². The molecule has 1 aromatic heterocycles. The molecule has 1 rings (SSSR count). The fourth-order valence-electron chi connectivity index (χ4n) is 1.85. The molecule has 7 heteroatoms. The quantitative estimate of drug-likeness (QED) is 0.833. The lowest BCUT2D eigenvalue weighted by Gasteiger charge is -2.17. The number of hydrogen-bond acceptors (Lipinski definition) is 3. The molecule has 0 bridgehead atoms. The van der Waals surface area contributed by atoms with Crippen LogP contribution in [0.4, 0.5) is 13.2 Å². The third-order valence-electron chi connectivity index (χ3n) is 2.85. The van der Waals surface area contributed by atoms with Crippen LogP contribution in [0.3, 0.4) is 0 Å². The molecule has 0 amide bonds. The number of rotatable bonds is 7. The van der Waals surface area contributed by atoms with Gasteiger partial charge in [-0.05, 0) is 19.4 Å². The Balaban J connectivity index is 2.58. The average molecular weight is 278 g/mol. The first kappa shape index (κ1) is 15.9. The standard InChI is InChI=1S/C12H21F3N4/c1-9(2)7-19-11(17-8-18-19)6-10(16-3)4-5-12(13,14)15/h8-10,16H,4-7H2,1-3H3. The molecule has 0 spiro atoms. The van der Waals surface area contributed by atoms with Gasteiger partial charge in [-0.2, -0.15) is 18.3 Å². The Morgan fingerprint density at radius 1 is 1.37 bits per heavy atom. The summed E-state index contributed by atoms with van der Waals surface area (Å²) in [6, 6.07) is -0.239. The molecule has 1 unspecified atom stereocenters. The van der Waals surface area contributed by atoms with Gasteiger partial charge in [0.05, 0.1) is 0 Å². The highest BCUT2D eigenvalue weighted by Gasteiger charge is 2.28. The molecule has 0 fully saturated rings. The van der Waals surface area contributed by atoms with Gasteiger partial charge in [0.2, 0.25) is 0 Å². The zero-order valence-electron chi connectivity index (χ0n) is 11.5. The molecule has 1 aromatic rings. The highest BCUT2D eigenvalue weighted by molar-refractivity contribution is 4.90. The van der Waals surface area contributed by atoms with E-state index in [0.29, 0.717) is 12.3 Å². The third-order valence-corrected chi connectivity index (χ3v) is 2.85. The molecule has 19 heavy (non-hydrogen) atoms. The van der Waals surface area contributed by atoms with Crippen molar-refractivity contribution in [3.8, 4) is 0 Å². The van der Waals surface area contributed by atoms with Crippen LogP contribution in [0.25, 0.3) is 0 Å². The van der Waals surface area contributed by atoms with Gasteiger partial charge in [0.25, 0.3) is 0 Å². The van der Waals surface area contributed by atoms with Crippen LogP contribution in [-0.4, -0.2) is 34.0 Å². The minimum atomic E-state index is -4.11. The fourth-order valence-corrected chi connectivity index (χ4v) is 1.85. The molecule has 0 aliphatic carbocycles. The van der Waals surface area contributed by atoms with E-state index in [9.17, 15) is 13.2 Å². The second kappa shape index (κ2) is 6.88. The summed E-state index contributed by atoms with van der Waals surface area (Å²) >= 11 is 0. The average Bonchev–Trinajstić information content (AvgIpc) is 2.69. The SMILES string of the molecule is CNC(CCC(F)(F)F)Cc1ncnn1CC(C)C. The Hall–Kier alpha value is -1.11. The molecule has 110 valence electrons. The van der Waals surface area contributed by atoms with Gasteiger partial charge >= 0.3 is 6.18 Å². The first-order valence-corrected chi connectivity index (χ1v) is 6.42. The van der Waals surface area contributed by atoms with Gasteiger partial charge < -0.3 is 5.32 Å². The normalized spacial score (nSPS) is 14.1. The van der Waals surface area contributed by atoms with Crippen molar-refractivity contribution in [2.45, 2.75) is 51.9 Å². The number of hydrogen-bond donors (Lipinski definition) is 1. The summed E-state index contributed by atoms with van der Waals surface area (Å²) in [6.45, 7) is 4.85. The first-order valence-electron chi connectivity index (χ1n) is 6.42. The van der Waals surface area contributed by atoms with E-state index < -0.39 is 12.6 Å². The predicted molar refractivity (Wildman–Crippen MR) is 66.7 cm³/mol. The number of likely N-dealkylation sites (N-methyl/N-ethyl adjacent to an activating group) is 1. The van der Waals surface area contributed by atoms with E-state index in [2.05, 4.69) is 29.2 Å². The Labute approximate surface area is 111 Å². The lowest BCUT2D eigenvalue weighted by atomic mass is 10.1. The van der Waals surface area contributed by atoms with Gasteiger partial charge in [-0.25, -0.2) is 9.67 Å².